The number of aromatic nitrogens is 2. The van der Waals surface area contributed by atoms with Gasteiger partial charge >= 0.3 is 6.18 Å². The van der Waals surface area contributed by atoms with Crippen LogP contribution in [0.5, 0.6) is 5.75 Å². The normalized spacial score (nSPS) is 11.3. The highest BCUT2D eigenvalue weighted by Crippen LogP contribution is 2.36. The van der Waals surface area contributed by atoms with Gasteiger partial charge in [-0.05, 0) is 35.4 Å². The predicted octanol–water partition coefficient (Wildman–Crippen LogP) is 4.21. The number of rotatable bonds is 7. The van der Waals surface area contributed by atoms with E-state index in [4.69, 9.17) is 4.74 Å². The summed E-state index contributed by atoms with van der Waals surface area (Å²) < 4.78 is 45.8. The number of nitrogens with zero attached hydrogens (tertiary/aromatic N) is 3. The Morgan fingerprint density at radius 3 is 2.39 bits per heavy atom. The van der Waals surface area contributed by atoms with E-state index in [1.165, 1.54) is 17.9 Å². The number of hydrogen-bond donors (Lipinski definition) is 1. The number of carbonyl (C=O) groups is 1. The third-order valence-corrected chi connectivity index (χ3v) is 4.64. The van der Waals surface area contributed by atoms with Gasteiger partial charge in [0.1, 0.15) is 5.75 Å². The smallest absolute Gasteiger partial charge is 0.419 e. The molecule has 6 nitrogen and oxygen atoms in total. The Morgan fingerprint density at radius 2 is 1.77 bits per heavy atom. The SMILES string of the molecule is COc1ccc(Cn2ccc(NC(=O)Cc3ccc(N(C)C)cc3)n2)cc1C(F)(F)F. The fourth-order valence-corrected chi connectivity index (χ4v) is 3.06. The Bertz CT molecular complexity index is 1040. The lowest BCUT2D eigenvalue weighted by atomic mass is 10.1. The molecule has 1 heterocycles. The fraction of sp³-hybridized carbons (Fsp3) is 0.273. The van der Waals surface area contributed by atoms with Crippen LogP contribution in [0.3, 0.4) is 0 Å². The average molecular weight is 432 g/mol. The summed E-state index contributed by atoms with van der Waals surface area (Å²) in [6.07, 6.45) is -2.73. The standard InChI is InChI=1S/C22H23F3N4O2/c1-28(2)17-7-4-15(5-8-17)13-21(30)26-20-10-11-29(27-20)14-16-6-9-19(31-3)18(12-16)22(23,24)25/h4-12H,13-14H2,1-3H3,(H,26,27,30). The molecule has 0 saturated carbocycles. The number of nitrogens with one attached hydrogen (secondary N) is 1. The topological polar surface area (TPSA) is 59.4 Å². The van der Waals surface area contributed by atoms with Crippen LogP contribution in [-0.4, -0.2) is 36.9 Å². The summed E-state index contributed by atoms with van der Waals surface area (Å²) in [4.78, 5) is 14.3. The molecule has 164 valence electrons. The van der Waals surface area contributed by atoms with Gasteiger partial charge in [-0.25, -0.2) is 0 Å². The van der Waals surface area contributed by atoms with E-state index in [1.807, 2.05) is 43.3 Å². The molecule has 0 radical (unpaired) electrons. The van der Waals surface area contributed by atoms with E-state index in [1.54, 1.807) is 18.3 Å². The second-order valence-corrected chi connectivity index (χ2v) is 7.22. The molecule has 0 aliphatic heterocycles. The maximum Gasteiger partial charge on any atom is 0.419 e. The summed E-state index contributed by atoms with van der Waals surface area (Å²) in [5.41, 5.74) is 1.47. The number of methoxy groups -OCH3 is 1. The van der Waals surface area contributed by atoms with Crippen molar-refractivity contribution in [1.29, 1.82) is 0 Å². The number of hydrogen-bond acceptors (Lipinski definition) is 4. The highest BCUT2D eigenvalue weighted by Gasteiger charge is 2.34. The minimum Gasteiger partial charge on any atom is -0.496 e. The lowest BCUT2D eigenvalue weighted by Gasteiger charge is -2.13. The van der Waals surface area contributed by atoms with E-state index < -0.39 is 11.7 Å². The number of benzene rings is 2. The highest BCUT2D eigenvalue weighted by atomic mass is 19.4. The van der Waals surface area contributed by atoms with Crippen LogP contribution in [0.25, 0.3) is 0 Å². The van der Waals surface area contributed by atoms with Gasteiger partial charge in [0.25, 0.3) is 0 Å². The molecule has 0 aliphatic rings. The van der Waals surface area contributed by atoms with E-state index in [0.717, 1.165) is 17.3 Å². The molecule has 0 spiro atoms. The van der Waals surface area contributed by atoms with Gasteiger partial charge in [0.15, 0.2) is 5.82 Å². The van der Waals surface area contributed by atoms with E-state index in [2.05, 4.69) is 10.4 Å². The summed E-state index contributed by atoms with van der Waals surface area (Å²) in [5, 5.41) is 6.93. The van der Waals surface area contributed by atoms with Crippen molar-refractivity contribution in [1.82, 2.24) is 9.78 Å². The lowest BCUT2D eigenvalue weighted by Crippen LogP contribution is -2.15. The third-order valence-electron chi connectivity index (χ3n) is 4.64. The van der Waals surface area contributed by atoms with E-state index in [9.17, 15) is 18.0 Å². The minimum absolute atomic E-state index is 0.120. The van der Waals surface area contributed by atoms with Gasteiger partial charge in [-0.15, -0.1) is 0 Å². The number of alkyl halides is 3. The molecule has 0 saturated heterocycles. The van der Waals surface area contributed by atoms with E-state index in [-0.39, 0.29) is 24.6 Å². The Balaban J connectivity index is 1.63. The molecule has 0 atom stereocenters. The van der Waals surface area contributed by atoms with Crippen LogP contribution in [0.2, 0.25) is 0 Å². The first-order valence-electron chi connectivity index (χ1n) is 9.49. The van der Waals surface area contributed by atoms with Crippen LogP contribution in [0, 0.1) is 0 Å². The first-order valence-corrected chi connectivity index (χ1v) is 9.49. The molecule has 0 unspecified atom stereocenters. The van der Waals surface area contributed by atoms with Crippen LogP contribution < -0.4 is 15.0 Å². The Labute approximate surface area is 178 Å². The highest BCUT2D eigenvalue weighted by molar-refractivity contribution is 5.91. The number of ether oxygens (including phenoxy) is 1. The second kappa shape index (κ2) is 9.11. The summed E-state index contributed by atoms with van der Waals surface area (Å²) in [6.45, 7) is 0.120. The molecular weight excluding hydrogens is 409 g/mol. The molecule has 0 aliphatic carbocycles. The van der Waals surface area contributed by atoms with Crippen molar-refractivity contribution in [2.24, 2.45) is 0 Å². The van der Waals surface area contributed by atoms with Crippen molar-refractivity contribution in [2.75, 3.05) is 31.4 Å². The van der Waals surface area contributed by atoms with E-state index >= 15 is 0 Å². The Kier molecular flexibility index (Phi) is 6.53. The monoisotopic (exact) mass is 432 g/mol. The van der Waals surface area contributed by atoms with Gasteiger partial charge in [0.05, 0.1) is 25.6 Å². The van der Waals surface area contributed by atoms with Crippen molar-refractivity contribution < 1.29 is 22.7 Å². The average Bonchev–Trinajstić information content (AvgIpc) is 3.14. The van der Waals surface area contributed by atoms with Gasteiger partial charge in [0, 0.05) is 32.0 Å². The lowest BCUT2D eigenvalue weighted by molar-refractivity contribution is -0.138. The maximum absolute atomic E-state index is 13.2. The van der Waals surface area contributed by atoms with Crippen LogP contribution in [0.15, 0.2) is 54.7 Å². The number of halogens is 3. The first kappa shape index (κ1) is 22.2. The maximum atomic E-state index is 13.2. The Hall–Kier alpha value is -3.49. The molecule has 1 aromatic heterocycles. The molecular formula is C22H23F3N4O2. The molecule has 2 aromatic carbocycles. The molecule has 0 bridgehead atoms. The van der Waals surface area contributed by atoms with Crippen LogP contribution >= 0.6 is 0 Å². The minimum atomic E-state index is -4.52. The zero-order valence-corrected chi connectivity index (χ0v) is 17.4. The molecule has 31 heavy (non-hydrogen) atoms. The zero-order valence-electron chi connectivity index (χ0n) is 17.4. The number of amides is 1. The summed E-state index contributed by atoms with van der Waals surface area (Å²) in [6, 6.07) is 13.1. The number of carbonyl (C=O) groups excluding carboxylic acids is 1. The molecule has 0 fully saturated rings. The fourth-order valence-electron chi connectivity index (χ4n) is 3.06. The van der Waals surface area contributed by atoms with Crippen molar-refractivity contribution in [3.05, 3.63) is 71.4 Å². The van der Waals surface area contributed by atoms with Crippen LogP contribution in [0.4, 0.5) is 24.7 Å². The van der Waals surface area contributed by atoms with Crippen LogP contribution in [0.1, 0.15) is 16.7 Å². The molecule has 1 amide bonds. The largest absolute Gasteiger partial charge is 0.496 e. The van der Waals surface area contributed by atoms with Crippen molar-refractivity contribution in [3.63, 3.8) is 0 Å². The summed E-state index contributed by atoms with van der Waals surface area (Å²) in [5.74, 6) is -0.130. The van der Waals surface area contributed by atoms with Crippen molar-refractivity contribution >= 4 is 17.4 Å². The van der Waals surface area contributed by atoms with Gasteiger partial charge in [0.2, 0.25) is 5.91 Å². The van der Waals surface area contributed by atoms with Crippen molar-refractivity contribution in [2.45, 2.75) is 19.1 Å². The second-order valence-electron chi connectivity index (χ2n) is 7.22. The van der Waals surface area contributed by atoms with Gasteiger partial charge < -0.3 is 15.0 Å². The van der Waals surface area contributed by atoms with Gasteiger partial charge in [-0.3, -0.25) is 9.48 Å². The molecule has 3 aromatic rings. The molecule has 1 N–H and O–H groups in total. The van der Waals surface area contributed by atoms with Gasteiger partial charge in [-0.1, -0.05) is 18.2 Å². The molecule has 9 heteroatoms. The number of anilines is 2. The molecule has 3 rings (SSSR count). The van der Waals surface area contributed by atoms with Crippen molar-refractivity contribution in [3.8, 4) is 5.75 Å². The van der Waals surface area contributed by atoms with Crippen LogP contribution in [-0.2, 0) is 23.9 Å². The Morgan fingerprint density at radius 1 is 1.10 bits per heavy atom. The van der Waals surface area contributed by atoms with E-state index in [0.29, 0.717) is 11.4 Å². The quantitative estimate of drug-likeness (QED) is 0.608. The summed E-state index contributed by atoms with van der Waals surface area (Å²) in [7, 11) is 5.07. The predicted molar refractivity (Wildman–Crippen MR) is 112 cm³/mol. The summed E-state index contributed by atoms with van der Waals surface area (Å²) >= 11 is 0. The van der Waals surface area contributed by atoms with Gasteiger partial charge in [-0.2, -0.15) is 18.3 Å². The first-order chi connectivity index (χ1) is 14.7. The third kappa shape index (κ3) is 5.78. The zero-order chi connectivity index (χ0) is 22.6.